The predicted octanol–water partition coefficient (Wildman–Crippen LogP) is 0.445. The van der Waals surface area contributed by atoms with E-state index in [-0.39, 0.29) is 18.5 Å². The highest BCUT2D eigenvalue weighted by molar-refractivity contribution is 7.88. The Morgan fingerprint density at radius 1 is 1.41 bits per heavy atom. The second kappa shape index (κ2) is 6.66. The number of amides is 1. The molecule has 1 aliphatic heterocycles. The third-order valence-electron chi connectivity index (χ3n) is 3.98. The molecule has 0 radical (unpaired) electrons. The molecule has 0 saturated heterocycles. The largest absolute Gasteiger partial charge is 0.366 e. The summed E-state index contributed by atoms with van der Waals surface area (Å²) >= 11 is 0. The number of rotatable bonds is 6. The molecule has 2 rings (SSSR count). The molecule has 1 amide bonds. The van der Waals surface area contributed by atoms with Gasteiger partial charge in [0.25, 0.3) is 0 Å². The average Bonchev–Trinajstić information content (AvgIpc) is 2.87. The normalized spacial score (nSPS) is 15.7. The predicted molar refractivity (Wildman–Crippen MR) is 87.4 cm³/mol. The maximum absolute atomic E-state index is 11.8. The van der Waals surface area contributed by atoms with E-state index < -0.39 is 10.0 Å². The Morgan fingerprint density at radius 2 is 2.09 bits per heavy atom. The van der Waals surface area contributed by atoms with Crippen molar-refractivity contribution in [2.45, 2.75) is 19.4 Å². The fourth-order valence-electron chi connectivity index (χ4n) is 2.57. The highest BCUT2D eigenvalue weighted by atomic mass is 32.2. The zero-order chi connectivity index (χ0) is 16.3. The first-order valence-corrected chi connectivity index (χ1v) is 9.16. The van der Waals surface area contributed by atoms with E-state index in [9.17, 15) is 13.2 Å². The SMILES string of the molecule is CC(CNC(=O)CN(C)S(C)(=O)=O)N1CCc2ccccc21. The van der Waals surface area contributed by atoms with Crippen molar-refractivity contribution in [2.24, 2.45) is 0 Å². The van der Waals surface area contributed by atoms with E-state index in [2.05, 4.69) is 29.3 Å². The summed E-state index contributed by atoms with van der Waals surface area (Å²) < 4.78 is 23.6. The minimum atomic E-state index is -3.33. The van der Waals surface area contributed by atoms with Crippen molar-refractivity contribution in [3.63, 3.8) is 0 Å². The highest BCUT2D eigenvalue weighted by Gasteiger charge is 2.23. The van der Waals surface area contributed by atoms with Crippen LogP contribution in [0.4, 0.5) is 5.69 Å². The van der Waals surface area contributed by atoms with Crippen LogP contribution in [-0.2, 0) is 21.2 Å². The molecule has 22 heavy (non-hydrogen) atoms. The van der Waals surface area contributed by atoms with Crippen LogP contribution in [0, 0.1) is 0 Å². The molecule has 1 aromatic carbocycles. The second-order valence-corrected chi connectivity index (χ2v) is 7.83. The van der Waals surface area contributed by atoms with Gasteiger partial charge in [-0.3, -0.25) is 4.79 Å². The number of sulfonamides is 1. The summed E-state index contributed by atoms with van der Waals surface area (Å²) in [7, 11) is -1.93. The minimum absolute atomic E-state index is 0.151. The number of hydrogen-bond acceptors (Lipinski definition) is 4. The standard InChI is InChI=1S/C15H23N3O3S/c1-12(10-16-15(19)11-17(2)22(3,20)21)18-9-8-13-6-4-5-7-14(13)18/h4-7,12H,8-11H2,1-3H3,(H,16,19). The number of benzene rings is 1. The van der Waals surface area contributed by atoms with Gasteiger partial charge in [0.15, 0.2) is 0 Å². The lowest BCUT2D eigenvalue weighted by atomic mass is 10.2. The van der Waals surface area contributed by atoms with Crippen LogP contribution in [0.15, 0.2) is 24.3 Å². The van der Waals surface area contributed by atoms with Gasteiger partial charge in [0.05, 0.1) is 12.8 Å². The number of carbonyl (C=O) groups excluding carboxylic acids is 1. The van der Waals surface area contributed by atoms with Gasteiger partial charge in [-0.15, -0.1) is 0 Å². The van der Waals surface area contributed by atoms with Crippen molar-refractivity contribution in [3.05, 3.63) is 29.8 Å². The van der Waals surface area contributed by atoms with E-state index in [0.29, 0.717) is 6.54 Å². The molecular weight excluding hydrogens is 302 g/mol. The molecule has 0 fully saturated rings. The van der Waals surface area contributed by atoms with E-state index in [4.69, 9.17) is 0 Å². The van der Waals surface area contributed by atoms with Crippen LogP contribution >= 0.6 is 0 Å². The first kappa shape index (κ1) is 16.8. The number of carbonyl (C=O) groups is 1. The van der Waals surface area contributed by atoms with E-state index in [1.807, 2.05) is 12.1 Å². The summed E-state index contributed by atoms with van der Waals surface area (Å²) in [5.41, 5.74) is 2.55. The summed E-state index contributed by atoms with van der Waals surface area (Å²) in [5.74, 6) is -0.285. The number of fused-ring (bicyclic) bond motifs is 1. The number of nitrogens with one attached hydrogen (secondary N) is 1. The number of likely N-dealkylation sites (N-methyl/N-ethyl adjacent to an activating group) is 1. The molecule has 6 nitrogen and oxygen atoms in total. The fourth-order valence-corrected chi connectivity index (χ4v) is 2.92. The molecule has 1 unspecified atom stereocenters. The maximum Gasteiger partial charge on any atom is 0.235 e. The summed E-state index contributed by atoms with van der Waals surface area (Å²) in [6, 6.07) is 8.44. The van der Waals surface area contributed by atoms with Crippen molar-refractivity contribution < 1.29 is 13.2 Å². The van der Waals surface area contributed by atoms with Gasteiger partial charge in [0.2, 0.25) is 15.9 Å². The molecule has 1 aromatic rings. The number of para-hydroxylation sites is 1. The molecule has 0 spiro atoms. The molecule has 1 aliphatic rings. The van der Waals surface area contributed by atoms with Gasteiger partial charge in [-0.05, 0) is 25.0 Å². The van der Waals surface area contributed by atoms with Gasteiger partial charge < -0.3 is 10.2 Å². The van der Waals surface area contributed by atoms with E-state index in [0.717, 1.165) is 23.5 Å². The van der Waals surface area contributed by atoms with Crippen LogP contribution in [0.1, 0.15) is 12.5 Å². The fraction of sp³-hybridized carbons (Fsp3) is 0.533. The van der Waals surface area contributed by atoms with Crippen LogP contribution in [0.3, 0.4) is 0 Å². The third kappa shape index (κ3) is 3.98. The molecule has 1 atom stereocenters. The van der Waals surface area contributed by atoms with Crippen molar-refractivity contribution in [1.82, 2.24) is 9.62 Å². The molecule has 0 saturated carbocycles. The van der Waals surface area contributed by atoms with Crippen LogP contribution in [0.25, 0.3) is 0 Å². The molecule has 1 N–H and O–H groups in total. The van der Waals surface area contributed by atoms with Crippen LogP contribution in [0.5, 0.6) is 0 Å². The van der Waals surface area contributed by atoms with Crippen molar-refractivity contribution in [3.8, 4) is 0 Å². The molecule has 7 heteroatoms. The number of hydrogen-bond donors (Lipinski definition) is 1. The topological polar surface area (TPSA) is 69.7 Å². The smallest absolute Gasteiger partial charge is 0.235 e. The average molecular weight is 325 g/mol. The number of anilines is 1. The molecule has 0 bridgehead atoms. The van der Waals surface area contributed by atoms with Gasteiger partial charge in [0.1, 0.15) is 0 Å². The van der Waals surface area contributed by atoms with Gasteiger partial charge in [-0.1, -0.05) is 18.2 Å². The number of nitrogens with zero attached hydrogens (tertiary/aromatic N) is 2. The zero-order valence-electron chi connectivity index (χ0n) is 13.2. The maximum atomic E-state index is 11.8. The summed E-state index contributed by atoms with van der Waals surface area (Å²) in [6.07, 6.45) is 2.11. The Bertz CT molecular complexity index is 645. The zero-order valence-corrected chi connectivity index (χ0v) is 14.1. The van der Waals surface area contributed by atoms with Gasteiger partial charge in [-0.2, -0.15) is 4.31 Å². The van der Waals surface area contributed by atoms with E-state index in [1.54, 1.807) is 0 Å². The van der Waals surface area contributed by atoms with E-state index >= 15 is 0 Å². The Labute approximate surface area is 132 Å². The second-order valence-electron chi connectivity index (χ2n) is 5.74. The van der Waals surface area contributed by atoms with Gasteiger partial charge >= 0.3 is 0 Å². The molecular formula is C15H23N3O3S. The lowest BCUT2D eigenvalue weighted by Crippen LogP contribution is -2.44. The van der Waals surface area contributed by atoms with E-state index in [1.165, 1.54) is 18.3 Å². The Hall–Kier alpha value is -1.60. The Balaban J connectivity index is 1.86. The molecule has 0 aliphatic carbocycles. The van der Waals surface area contributed by atoms with Gasteiger partial charge in [0, 0.05) is 31.9 Å². The van der Waals surface area contributed by atoms with Crippen molar-refractivity contribution in [2.75, 3.05) is 37.8 Å². The van der Waals surface area contributed by atoms with Gasteiger partial charge in [-0.25, -0.2) is 8.42 Å². The Morgan fingerprint density at radius 3 is 2.77 bits per heavy atom. The van der Waals surface area contributed by atoms with Crippen LogP contribution < -0.4 is 10.2 Å². The molecule has 1 heterocycles. The van der Waals surface area contributed by atoms with Crippen molar-refractivity contribution >= 4 is 21.6 Å². The van der Waals surface area contributed by atoms with Crippen LogP contribution in [0.2, 0.25) is 0 Å². The first-order chi connectivity index (χ1) is 10.3. The Kier molecular flexibility index (Phi) is 5.08. The van der Waals surface area contributed by atoms with Crippen molar-refractivity contribution in [1.29, 1.82) is 0 Å². The summed E-state index contributed by atoms with van der Waals surface area (Å²) in [6.45, 7) is 3.34. The summed E-state index contributed by atoms with van der Waals surface area (Å²) in [5, 5.41) is 2.81. The van der Waals surface area contributed by atoms with Crippen LogP contribution in [-0.4, -0.2) is 57.6 Å². The monoisotopic (exact) mass is 325 g/mol. The quantitative estimate of drug-likeness (QED) is 0.824. The summed E-state index contributed by atoms with van der Waals surface area (Å²) in [4.78, 5) is 14.1. The lowest BCUT2D eigenvalue weighted by molar-refractivity contribution is -0.121. The minimum Gasteiger partial charge on any atom is -0.366 e. The molecule has 0 aromatic heterocycles. The molecule has 122 valence electrons. The third-order valence-corrected chi connectivity index (χ3v) is 5.24. The lowest BCUT2D eigenvalue weighted by Gasteiger charge is -2.27. The highest BCUT2D eigenvalue weighted by Crippen LogP contribution is 2.28. The first-order valence-electron chi connectivity index (χ1n) is 7.31.